The van der Waals surface area contributed by atoms with Crippen molar-refractivity contribution in [1.82, 2.24) is 10.3 Å². The summed E-state index contributed by atoms with van der Waals surface area (Å²) in [6, 6.07) is 11.2. The number of benzene rings is 1. The lowest BCUT2D eigenvalue weighted by Gasteiger charge is -2.22. The Labute approximate surface area is 118 Å². The first-order valence-corrected chi connectivity index (χ1v) is 7.26. The van der Waals surface area contributed by atoms with Crippen molar-refractivity contribution in [1.29, 1.82) is 0 Å². The normalized spacial score (nSPS) is 18.3. The topological polar surface area (TPSA) is 41.0 Å². The van der Waals surface area contributed by atoms with E-state index in [1.807, 2.05) is 12.5 Å². The quantitative estimate of drug-likeness (QED) is 0.754. The van der Waals surface area contributed by atoms with E-state index in [0.29, 0.717) is 6.04 Å². The number of fused-ring (bicyclic) bond motifs is 2. The molecule has 0 radical (unpaired) electrons. The highest BCUT2D eigenvalue weighted by atomic mass is 16.3. The van der Waals surface area contributed by atoms with Crippen LogP contribution >= 0.6 is 0 Å². The first kappa shape index (κ1) is 11.8. The fourth-order valence-electron chi connectivity index (χ4n) is 3.15. The van der Waals surface area contributed by atoms with Gasteiger partial charge in [-0.2, -0.15) is 0 Å². The third kappa shape index (κ3) is 2.04. The molecule has 3 aromatic rings. The van der Waals surface area contributed by atoms with Crippen LogP contribution in [0.3, 0.4) is 0 Å². The fourth-order valence-corrected chi connectivity index (χ4v) is 3.15. The molecule has 2 aromatic heterocycles. The van der Waals surface area contributed by atoms with Gasteiger partial charge in [-0.25, -0.2) is 0 Å². The molecule has 2 N–H and O–H groups in total. The Bertz CT molecular complexity index is 725. The first-order valence-electron chi connectivity index (χ1n) is 7.26. The van der Waals surface area contributed by atoms with E-state index in [1.165, 1.54) is 34.9 Å². The highest BCUT2D eigenvalue weighted by Gasteiger charge is 2.21. The highest BCUT2D eigenvalue weighted by Crippen LogP contribution is 2.30. The lowest BCUT2D eigenvalue weighted by molar-refractivity contribution is 0.411. The summed E-state index contributed by atoms with van der Waals surface area (Å²) in [6.45, 7) is 0.899. The molecule has 1 atom stereocenters. The Morgan fingerprint density at radius 3 is 3.25 bits per heavy atom. The van der Waals surface area contributed by atoms with Gasteiger partial charge in [0.15, 0.2) is 0 Å². The second kappa shape index (κ2) is 4.84. The molecule has 1 aromatic carbocycles. The van der Waals surface area contributed by atoms with Crippen LogP contribution in [0.5, 0.6) is 0 Å². The van der Waals surface area contributed by atoms with Gasteiger partial charge in [0.25, 0.3) is 0 Å². The van der Waals surface area contributed by atoms with Gasteiger partial charge in [-0.1, -0.05) is 6.07 Å². The van der Waals surface area contributed by atoms with Crippen LogP contribution in [0.4, 0.5) is 0 Å². The molecule has 1 aliphatic rings. The Balaban J connectivity index is 1.51. The van der Waals surface area contributed by atoms with Gasteiger partial charge in [0, 0.05) is 36.3 Å². The third-order valence-corrected chi connectivity index (χ3v) is 4.22. The van der Waals surface area contributed by atoms with E-state index in [-0.39, 0.29) is 0 Å². The second-order valence-corrected chi connectivity index (χ2v) is 5.52. The summed E-state index contributed by atoms with van der Waals surface area (Å²) in [5.74, 6) is 1.16. The number of H-pyrrole nitrogens is 1. The summed E-state index contributed by atoms with van der Waals surface area (Å²) in [5.41, 5.74) is 3.87. The van der Waals surface area contributed by atoms with Crippen LogP contribution < -0.4 is 5.32 Å². The second-order valence-electron chi connectivity index (χ2n) is 5.52. The van der Waals surface area contributed by atoms with Crippen molar-refractivity contribution < 1.29 is 4.42 Å². The maximum absolute atomic E-state index is 5.54. The van der Waals surface area contributed by atoms with Gasteiger partial charge in [0.1, 0.15) is 5.76 Å². The monoisotopic (exact) mass is 266 g/mol. The van der Waals surface area contributed by atoms with E-state index in [0.717, 1.165) is 18.7 Å². The molecule has 102 valence electrons. The molecule has 1 aliphatic carbocycles. The van der Waals surface area contributed by atoms with Crippen molar-refractivity contribution in [2.75, 3.05) is 0 Å². The summed E-state index contributed by atoms with van der Waals surface area (Å²) in [6.07, 6.45) is 7.28. The number of hydrogen-bond donors (Lipinski definition) is 2. The zero-order valence-corrected chi connectivity index (χ0v) is 11.4. The van der Waals surface area contributed by atoms with Gasteiger partial charge in [0.2, 0.25) is 0 Å². The van der Waals surface area contributed by atoms with E-state index >= 15 is 0 Å². The number of hydrogen-bond acceptors (Lipinski definition) is 2. The van der Waals surface area contributed by atoms with E-state index in [9.17, 15) is 0 Å². The molecule has 0 saturated heterocycles. The summed E-state index contributed by atoms with van der Waals surface area (Å²) in [5, 5.41) is 4.94. The molecule has 20 heavy (non-hydrogen) atoms. The molecule has 1 unspecified atom stereocenters. The van der Waals surface area contributed by atoms with Crippen molar-refractivity contribution in [3.63, 3.8) is 0 Å². The van der Waals surface area contributed by atoms with Gasteiger partial charge < -0.3 is 14.7 Å². The number of aromatic nitrogens is 1. The van der Waals surface area contributed by atoms with E-state index in [1.54, 1.807) is 0 Å². The largest absolute Gasteiger partial charge is 0.469 e. The zero-order valence-electron chi connectivity index (χ0n) is 11.4. The van der Waals surface area contributed by atoms with Gasteiger partial charge in [-0.05, 0) is 48.1 Å². The molecule has 0 spiro atoms. The van der Waals surface area contributed by atoms with E-state index in [4.69, 9.17) is 4.42 Å². The molecule has 0 saturated carbocycles. The van der Waals surface area contributed by atoms with Crippen molar-refractivity contribution in [2.24, 2.45) is 0 Å². The summed E-state index contributed by atoms with van der Waals surface area (Å²) in [4.78, 5) is 3.23. The van der Waals surface area contributed by atoms with Crippen LogP contribution in [0.25, 0.3) is 10.9 Å². The maximum Gasteiger partial charge on any atom is 0.108 e. The minimum Gasteiger partial charge on any atom is -0.469 e. The van der Waals surface area contributed by atoms with E-state index in [2.05, 4.69) is 40.6 Å². The standard InChI is InChI=1S/C17H18N2O/c1-2-16(14-7-9-20-17(14)3-1)19-11-12-4-5-15-13(10-12)6-8-18-15/h4-10,16,18-19H,1-3,11H2. The zero-order chi connectivity index (χ0) is 13.4. The van der Waals surface area contributed by atoms with Crippen molar-refractivity contribution in [2.45, 2.75) is 31.8 Å². The van der Waals surface area contributed by atoms with Gasteiger partial charge in [-0.3, -0.25) is 0 Å². The molecule has 3 nitrogen and oxygen atoms in total. The number of aromatic amines is 1. The summed E-state index contributed by atoms with van der Waals surface area (Å²) < 4.78 is 5.54. The lowest BCUT2D eigenvalue weighted by Crippen LogP contribution is -2.23. The molecule has 2 heterocycles. The Morgan fingerprint density at radius 2 is 2.25 bits per heavy atom. The first-order chi connectivity index (χ1) is 9.90. The minimum absolute atomic E-state index is 0.430. The highest BCUT2D eigenvalue weighted by molar-refractivity contribution is 5.79. The number of nitrogens with one attached hydrogen (secondary N) is 2. The van der Waals surface area contributed by atoms with Crippen molar-refractivity contribution >= 4 is 10.9 Å². The maximum atomic E-state index is 5.54. The number of furan rings is 1. The smallest absolute Gasteiger partial charge is 0.108 e. The Morgan fingerprint density at radius 1 is 1.25 bits per heavy atom. The SMILES string of the molecule is c1cc2cc(CNC3CCCc4occc43)ccc2[nH]1. The predicted molar refractivity (Wildman–Crippen MR) is 79.5 cm³/mol. The lowest BCUT2D eigenvalue weighted by atomic mass is 9.93. The fraction of sp³-hybridized carbons (Fsp3) is 0.294. The molecular weight excluding hydrogens is 248 g/mol. The Hall–Kier alpha value is -2.00. The summed E-state index contributed by atoms with van der Waals surface area (Å²) in [7, 11) is 0. The predicted octanol–water partition coefficient (Wildman–Crippen LogP) is 3.93. The third-order valence-electron chi connectivity index (χ3n) is 4.22. The molecule has 0 aliphatic heterocycles. The van der Waals surface area contributed by atoms with Gasteiger partial charge in [0.05, 0.1) is 6.26 Å². The van der Waals surface area contributed by atoms with Crippen molar-refractivity contribution in [3.05, 3.63) is 59.7 Å². The van der Waals surface area contributed by atoms with Crippen molar-refractivity contribution in [3.8, 4) is 0 Å². The van der Waals surface area contributed by atoms with Crippen LogP contribution in [0, 0.1) is 0 Å². The van der Waals surface area contributed by atoms with Crippen LogP contribution in [0.2, 0.25) is 0 Å². The Kier molecular flexibility index (Phi) is 2.85. The van der Waals surface area contributed by atoms with Crippen LogP contribution in [0.15, 0.2) is 47.2 Å². The molecule has 0 amide bonds. The van der Waals surface area contributed by atoms with E-state index < -0.39 is 0 Å². The molecular formula is C17H18N2O. The minimum atomic E-state index is 0.430. The average molecular weight is 266 g/mol. The van der Waals surface area contributed by atoms with Crippen LogP contribution in [-0.2, 0) is 13.0 Å². The molecule has 3 heteroatoms. The van der Waals surface area contributed by atoms with Crippen LogP contribution in [0.1, 0.15) is 35.8 Å². The van der Waals surface area contributed by atoms with Gasteiger partial charge >= 0.3 is 0 Å². The van der Waals surface area contributed by atoms with Gasteiger partial charge in [-0.15, -0.1) is 0 Å². The summed E-state index contributed by atoms with van der Waals surface area (Å²) >= 11 is 0. The number of rotatable bonds is 3. The number of aryl methyl sites for hydroxylation is 1. The molecule has 0 bridgehead atoms. The molecule has 0 fully saturated rings. The molecule has 4 rings (SSSR count). The average Bonchev–Trinajstić information content (AvgIpc) is 3.13. The van der Waals surface area contributed by atoms with Crippen LogP contribution in [-0.4, -0.2) is 4.98 Å².